The largest absolute Gasteiger partial charge is 0.382 e. The summed E-state index contributed by atoms with van der Waals surface area (Å²) in [6.45, 7) is 3.70. The Kier molecular flexibility index (Phi) is 5.58. The van der Waals surface area contributed by atoms with Crippen molar-refractivity contribution in [3.05, 3.63) is 59.9 Å². The number of ether oxygens (including phenoxy) is 1. The first-order chi connectivity index (χ1) is 12.6. The summed E-state index contributed by atoms with van der Waals surface area (Å²) in [7, 11) is 0. The molecule has 7 heteroatoms. The van der Waals surface area contributed by atoms with Gasteiger partial charge in [0.25, 0.3) is 5.91 Å². The Morgan fingerprint density at radius 1 is 1.23 bits per heavy atom. The summed E-state index contributed by atoms with van der Waals surface area (Å²) in [5, 5.41) is 2.82. The van der Waals surface area contributed by atoms with Crippen LogP contribution >= 0.6 is 0 Å². The highest BCUT2D eigenvalue weighted by molar-refractivity contribution is 5.97. The molecule has 0 unspecified atom stereocenters. The molecule has 1 N–H and O–H groups in total. The van der Waals surface area contributed by atoms with Gasteiger partial charge in [0.2, 0.25) is 0 Å². The first-order valence-electron chi connectivity index (χ1n) is 8.38. The number of benzene rings is 2. The van der Waals surface area contributed by atoms with Gasteiger partial charge in [0.05, 0.1) is 16.7 Å². The number of hydrogen-bond acceptors (Lipinski definition) is 3. The third-order valence-electron chi connectivity index (χ3n) is 3.93. The van der Waals surface area contributed by atoms with Crippen LogP contribution in [0, 0.1) is 11.6 Å². The number of amides is 1. The molecule has 1 amide bonds. The van der Waals surface area contributed by atoms with Crippen molar-refractivity contribution in [1.29, 1.82) is 0 Å². The third-order valence-corrected chi connectivity index (χ3v) is 3.93. The number of aromatic nitrogens is 2. The van der Waals surface area contributed by atoms with E-state index in [-0.39, 0.29) is 11.6 Å². The molecule has 0 aliphatic rings. The van der Waals surface area contributed by atoms with Crippen LogP contribution < -0.4 is 5.32 Å². The van der Waals surface area contributed by atoms with E-state index in [0.29, 0.717) is 36.4 Å². The lowest BCUT2D eigenvalue weighted by Crippen LogP contribution is -2.25. The zero-order chi connectivity index (χ0) is 18.5. The molecule has 0 saturated carbocycles. The molecule has 0 aliphatic heterocycles. The Morgan fingerprint density at radius 2 is 2.08 bits per heavy atom. The topological polar surface area (TPSA) is 56.1 Å². The quantitative estimate of drug-likeness (QED) is 0.658. The molecular formula is C19H19F2N3O2. The van der Waals surface area contributed by atoms with Crippen LogP contribution in [0.3, 0.4) is 0 Å². The SMILES string of the molecule is CCOCCCNC(=O)c1ccc2c(c1)ncn2-c1ccc(F)cc1F. The lowest BCUT2D eigenvalue weighted by molar-refractivity contribution is 0.0944. The van der Waals surface area contributed by atoms with Gasteiger partial charge in [-0.1, -0.05) is 0 Å². The second kappa shape index (κ2) is 8.05. The number of imidazole rings is 1. The molecule has 0 spiro atoms. The maximum Gasteiger partial charge on any atom is 0.251 e. The monoisotopic (exact) mass is 359 g/mol. The fourth-order valence-electron chi connectivity index (χ4n) is 2.65. The van der Waals surface area contributed by atoms with Crippen molar-refractivity contribution in [2.24, 2.45) is 0 Å². The Morgan fingerprint density at radius 3 is 2.85 bits per heavy atom. The van der Waals surface area contributed by atoms with Crippen molar-refractivity contribution in [1.82, 2.24) is 14.9 Å². The zero-order valence-electron chi connectivity index (χ0n) is 14.3. The van der Waals surface area contributed by atoms with E-state index < -0.39 is 11.6 Å². The van der Waals surface area contributed by atoms with Gasteiger partial charge in [-0.25, -0.2) is 13.8 Å². The molecule has 2 aromatic carbocycles. The van der Waals surface area contributed by atoms with Crippen molar-refractivity contribution >= 4 is 16.9 Å². The molecule has 0 bridgehead atoms. The van der Waals surface area contributed by atoms with E-state index in [2.05, 4.69) is 10.3 Å². The molecular weight excluding hydrogens is 340 g/mol. The van der Waals surface area contributed by atoms with Gasteiger partial charge in [0.1, 0.15) is 18.0 Å². The van der Waals surface area contributed by atoms with Crippen LogP contribution in [0.25, 0.3) is 16.7 Å². The predicted molar refractivity (Wildman–Crippen MR) is 94.4 cm³/mol. The van der Waals surface area contributed by atoms with Gasteiger partial charge in [-0.3, -0.25) is 9.36 Å². The number of carbonyl (C=O) groups is 1. The van der Waals surface area contributed by atoms with Crippen LogP contribution in [0.15, 0.2) is 42.7 Å². The third kappa shape index (κ3) is 3.88. The van der Waals surface area contributed by atoms with Gasteiger partial charge < -0.3 is 10.1 Å². The van der Waals surface area contributed by atoms with E-state index >= 15 is 0 Å². The summed E-state index contributed by atoms with van der Waals surface area (Å²) in [4.78, 5) is 16.4. The molecule has 1 heterocycles. The Labute approximate surface area is 149 Å². The number of carbonyl (C=O) groups excluding carboxylic acids is 1. The van der Waals surface area contributed by atoms with Crippen molar-refractivity contribution in [2.45, 2.75) is 13.3 Å². The van der Waals surface area contributed by atoms with Crippen LogP contribution in [0.4, 0.5) is 8.78 Å². The van der Waals surface area contributed by atoms with Gasteiger partial charge in [0, 0.05) is 31.4 Å². The smallest absolute Gasteiger partial charge is 0.251 e. The highest BCUT2D eigenvalue weighted by Gasteiger charge is 2.12. The molecule has 26 heavy (non-hydrogen) atoms. The van der Waals surface area contributed by atoms with E-state index in [0.717, 1.165) is 12.5 Å². The lowest BCUT2D eigenvalue weighted by atomic mass is 10.2. The van der Waals surface area contributed by atoms with Gasteiger partial charge in [-0.15, -0.1) is 0 Å². The van der Waals surface area contributed by atoms with Crippen LogP contribution in [-0.2, 0) is 4.74 Å². The van der Waals surface area contributed by atoms with Crippen molar-refractivity contribution in [3.63, 3.8) is 0 Å². The van der Waals surface area contributed by atoms with Crippen LogP contribution in [0.2, 0.25) is 0 Å². The van der Waals surface area contributed by atoms with Crippen molar-refractivity contribution < 1.29 is 18.3 Å². The fraction of sp³-hybridized carbons (Fsp3) is 0.263. The number of nitrogens with zero attached hydrogens (tertiary/aromatic N) is 2. The number of rotatable bonds is 7. The summed E-state index contributed by atoms with van der Waals surface area (Å²) >= 11 is 0. The second-order valence-corrected chi connectivity index (χ2v) is 5.72. The maximum absolute atomic E-state index is 14.0. The Hall–Kier alpha value is -2.80. The average molecular weight is 359 g/mol. The van der Waals surface area contributed by atoms with Crippen LogP contribution in [0.5, 0.6) is 0 Å². The maximum atomic E-state index is 14.0. The Bertz CT molecular complexity index is 924. The summed E-state index contributed by atoms with van der Waals surface area (Å²) in [6.07, 6.45) is 2.19. The van der Waals surface area contributed by atoms with Crippen molar-refractivity contribution in [2.75, 3.05) is 19.8 Å². The van der Waals surface area contributed by atoms with Gasteiger partial charge in [-0.2, -0.15) is 0 Å². The summed E-state index contributed by atoms with van der Waals surface area (Å²) < 4.78 is 33.9. The summed E-state index contributed by atoms with van der Waals surface area (Å²) in [5.74, 6) is -1.52. The first-order valence-corrected chi connectivity index (χ1v) is 8.38. The highest BCUT2D eigenvalue weighted by atomic mass is 19.1. The molecule has 3 aromatic rings. The summed E-state index contributed by atoms with van der Waals surface area (Å²) in [5.41, 5.74) is 1.85. The van der Waals surface area contributed by atoms with Crippen LogP contribution in [-0.4, -0.2) is 35.2 Å². The molecule has 0 aliphatic carbocycles. The standard InChI is InChI=1S/C19H19F2N3O2/c1-2-26-9-3-8-22-19(25)13-4-6-18-16(10-13)23-12-24(18)17-7-5-14(20)11-15(17)21/h4-7,10-12H,2-3,8-9H2,1H3,(H,22,25). The van der Waals surface area contributed by atoms with Gasteiger partial charge in [0.15, 0.2) is 0 Å². The van der Waals surface area contributed by atoms with Crippen molar-refractivity contribution in [3.8, 4) is 5.69 Å². The minimum absolute atomic E-state index is 0.196. The molecule has 0 radical (unpaired) electrons. The average Bonchev–Trinajstić information content (AvgIpc) is 3.04. The normalized spacial score (nSPS) is 11.0. The molecule has 0 saturated heterocycles. The molecule has 136 valence electrons. The summed E-state index contributed by atoms with van der Waals surface area (Å²) in [6, 6.07) is 8.36. The van der Waals surface area contributed by atoms with E-state index in [1.165, 1.54) is 23.0 Å². The van der Waals surface area contributed by atoms with E-state index in [1.54, 1.807) is 18.2 Å². The molecule has 0 fully saturated rings. The van der Waals surface area contributed by atoms with E-state index in [9.17, 15) is 13.6 Å². The first kappa shape index (κ1) is 18.0. The molecule has 3 rings (SSSR count). The number of fused-ring (bicyclic) bond motifs is 1. The van der Waals surface area contributed by atoms with Gasteiger partial charge in [-0.05, 0) is 43.7 Å². The highest BCUT2D eigenvalue weighted by Crippen LogP contribution is 2.22. The van der Waals surface area contributed by atoms with E-state index in [1.807, 2.05) is 6.92 Å². The number of halogens is 2. The van der Waals surface area contributed by atoms with E-state index in [4.69, 9.17) is 4.74 Å². The fourth-order valence-corrected chi connectivity index (χ4v) is 2.65. The zero-order valence-corrected chi connectivity index (χ0v) is 14.3. The second-order valence-electron chi connectivity index (χ2n) is 5.72. The van der Waals surface area contributed by atoms with Gasteiger partial charge >= 0.3 is 0 Å². The number of nitrogens with one attached hydrogen (secondary N) is 1. The molecule has 1 aromatic heterocycles. The predicted octanol–water partition coefficient (Wildman–Crippen LogP) is 3.46. The molecule has 5 nitrogen and oxygen atoms in total. The lowest BCUT2D eigenvalue weighted by Gasteiger charge is -2.07. The minimum Gasteiger partial charge on any atom is -0.382 e. The molecule has 0 atom stereocenters. The Balaban J connectivity index is 1.77. The minimum atomic E-state index is -0.680. The van der Waals surface area contributed by atoms with Crippen LogP contribution in [0.1, 0.15) is 23.7 Å². The number of hydrogen-bond donors (Lipinski definition) is 1.